The van der Waals surface area contributed by atoms with E-state index in [1.54, 1.807) is 6.92 Å². The fraction of sp³-hybridized carbons (Fsp3) is 0.909. The minimum Gasteiger partial charge on any atom is -0.391 e. The third-order valence-corrected chi connectivity index (χ3v) is 4.19. The predicted octanol–water partition coefficient (Wildman–Crippen LogP) is 2.19. The van der Waals surface area contributed by atoms with Crippen LogP contribution in [0.1, 0.15) is 34.6 Å². The second-order valence-electron chi connectivity index (χ2n) is 5.33. The standard InChI is InChI=1S/C11H19NO/c1-7(6-12)8(13)9-10(2,3)11(9,4)5/h7-9,13H,1-5H3/t7-,8-/m1/s1. The van der Waals surface area contributed by atoms with Gasteiger partial charge in [0.15, 0.2) is 0 Å². The summed E-state index contributed by atoms with van der Waals surface area (Å²) in [5.74, 6) is 0.000648. The average Bonchev–Trinajstić information content (AvgIpc) is 2.41. The molecule has 0 aromatic heterocycles. The van der Waals surface area contributed by atoms with Crippen LogP contribution in [0.25, 0.3) is 0 Å². The van der Waals surface area contributed by atoms with E-state index in [2.05, 4.69) is 33.8 Å². The SMILES string of the molecule is C[C@H](C#N)[C@@H](O)C1C(C)(C)C1(C)C. The quantitative estimate of drug-likeness (QED) is 0.709. The maximum atomic E-state index is 9.91. The van der Waals surface area contributed by atoms with Gasteiger partial charge in [-0.2, -0.15) is 5.26 Å². The van der Waals surface area contributed by atoms with Crippen LogP contribution in [0.3, 0.4) is 0 Å². The number of nitrogens with zero attached hydrogens (tertiary/aromatic N) is 1. The molecule has 0 radical (unpaired) electrons. The van der Waals surface area contributed by atoms with Crippen molar-refractivity contribution in [3.63, 3.8) is 0 Å². The molecule has 0 spiro atoms. The highest BCUT2D eigenvalue weighted by molar-refractivity contribution is 5.16. The number of aliphatic hydroxyl groups is 1. The third kappa shape index (κ3) is 1.26. The minimum atomic E-state index is -0.477. The summed E-state index contributed by atoms with van der Waals surface area (Å²) in [7, 11) is 0. The van der Waals surface area contributed by atoms with E-state index in [-0.39, 0.29) is 22.7 Å². The van der Waals surface area contributed by atoms with E-state index in [0.717, 1.165) is 0 Å². The molecule has 1 rings (SSSR count). The maximum Gasteiger partial charge on any atom is 0.0734 e. The van der Waals surface area contributed by atoms with E-state index < -0.39 is 6.10 Å². The molecule has 2 nitrogen and oxygen atoms in total. The third-order valence-electron chi connectivity index (χ3n) is 4.19. The molecule has 1 fully saturated rings. The van der Waals surface area contributed by atoms with Gasteiger partial charge in [0.25, 0.3) is 0 Å². The zero-order valence-electron chi connectivity index (χ0n) is 9.13. The highest BCUT2D eigenvalue weighted by atomic mass is 16.3. The van der Waals surface area contributed by atoms with Crippen LogP contribution in [0, 0.1) is 34.0 Å². The lowest BCUT2D eigenvalue weighted by Gasteiger charge is -2.14. The van der Waals surface area contributed by atoms with Crippen LogP contribution < -0.4 is 0 Å². The summed E-state index contributed by atoms with van der Waals surface area (Å²) in [6.45, 7) is 10.4. The highest BCUT2D eigenvalue weighted by Gasteiger charge is 2.67. The van der Waals surface area contributed by atoms with Gasteiger partial charge < -0.3 is 5.11 Å². The summed E-state index contributed by atoms with van der Waals surface area (Å²) < 4.78 is 0. The van der Waals surface area contributed by atoms with Crippen LogP contribution in [0.5, 0.6) is 0 Å². The van der Waals surface area contributed by atoms with E-state index in [9.17, 15) is 5.11 Å². The average molecular weight is 181 g/mol. The number of hydrogen-bond acceptors (Lipinski definition) is 2. The first-order chi connectivity index (χ1) is 5.76. The molecule has 74 valence electrons. The van der Waals surface area contributed by atoms with Crippen molar-refractivity contribution in [3.8, 4) is 6.07 Å². The monoisotopic (exact) mass is 181 g/mol. The molecule has 1 saturated carbocycles. The van der Waals surface area contributed by atoms with E-state index in [1.165, 1.54) is 0 Å². The Morgan fingerprint density at radius 3 is 1.85 bits per heavy atom. The molecule has 0 aromatic carbocycles. The van der Waals surface area contributed by atoms with Crippen LogP contribution in [0.15, 0.2) is 0 Å². The van der Waals surface area contributed by atoms with Gasteiger partial charge >= 0.3 is 0 Å². The number of hydrogen-bond donors (Lipinski definition) is 1. The molecule has 2 heteroatoms. The van der Waals surface area contributed by atoms with Gasteiger partial charge in [0.05, 0.1) is 18.1 Å². The lowest BCUT2D eigenvalue weighted by atomic mass is 9.97. The smallest absolute Gasteiger partial charge is 0.0734 e. The molecular weight excluding hydrogens is 162 g/mol. The maximum absolute atomic E-state index is 9.91. The van der Waals surface area contributed by atoms with Crippen molar-refractivity contribution >= 4 is 0 Å². The summed E-state index contributed by atoms with van der Waals surface area (Å²) >= 11 is 0. The Kier molecular flexibility index (Phi) is 2.20. The lowest BCUT2D eigenvalue weighted by molar-refractivity contribution is 0.0976. The van der Waals surface area contributed by atoms with E-state index in [1.807, 2.05) is 0 Å². The first-order valence-electron chi connectivity index (χ1n) is 4.84. The second-order valence-corrected chi connectivity index (χ2v) is 5.33. The van der Waals surface area contributed by atoms with Gasteiger partial charge in [-0.1, -0.05) is 27.7 Å². The molecule has 2 atom stereocenters. The minimum absolute atomic E-state index is 0.164. The molecule has 1 aliphatic rings. The zero-order valence-corrected chi connectivity index (χ0v) is 9.13. The Bertz CT molecular complexity index is 235. The molecule has 0 aromatic rings. The number of aliphatic hydroxyl groups excluding tert-OH is 1. The number of rotatable bonds is 2. The van der Waals surface area contributed by atoms with Crippen LogP contribution in [-0.4, -0.2) is 11.2 Å². The van der Waals surface area contributed by atoms with Gasteiger partial charge in [0.2, 0.25) is 0 Å². The summed E-state index contributed by atoms with van der Waals surface area (Å²) in [4.78, 5) is 0. The summed E-state index contributed by atoms with van der Waals surface area (Å²) in [5.41, 5.74) is 0.328. The molecule has 1 N–H and O–H groups in total. The molecule has 0 amide bonds. The zero-order chi connectivity index (χ0) is 10.4. The first kappa shape index (κ1) is 10.5. The van der Waals surface area contributed by atoms with Gasteiger partial charge in [-0.3, -0.25) is 0 Å². The first-order valence-corrected chi connectivity index (χ1v) is 4.84. The largest absolute Gasteiger partial charge is 0.391 e. The van der Waals surface area contributed by atoms with Crippen LogP contribution in [0.4, 0.5) is 0 Å². The normalized spacial score (nSPS) is 29.0. The van der Waals surface area contributed by atoms with Gasteiger partial charge in [0, 0.05) is 0 Å². The molecule has 0 aliphatic heterocycles. The lowest BCUT2D eigenvalue weighted by Crippen LogP contribution is -2.22. The Hall–Kier alpha value is -0.550. The van der Waals surface area contributed by atoms with Crippen molar-refractivity contribution in [2.24, 2.45) is 22.7 Å². The molecular formula is C11H19NO. The summed E-state index contributed by atoms with van der Waals surface area (Å²) in [6.07, 6.45) is -0.477. The highest BCUT2D eigenvalue weighted by Crippen LogP contribution is 2.70. The van der Waals surface area contributed by atoms with Gasteiger partial charge in [-0.15, -0.1) is 0 Å². The summed E-state index contributed by atoms with van der Waals surface area (Å²) in [6, 6.07) is 2.11. The second kappa shape index (κ2) is 2.72. The Morgan fingerprint density at radius 2 is 1.62 bits per heavy atom. The van der Waals surface area contributed by atoms with Crippen molar-refractivity contribution in [1.29, 1.82) is 5.26 Å². The fourth-order valence-electron chi connectivity index (χ4n) is 2.47. The Balaban J connectivity index is 2.74. The van der Waals surface area contributed by atoms with Gasteiger partial charge in [-0.25, -0.2) is 0 Å². The predicted molar refractivity (Wildman–Crippen MR) is 51.8 cm³/mol. The van der Waals surface area contributed by atoms with Crippen molar-refractivity contribution in [2.75, 3.05) is 0 Å². The van der Waals surface area contributed by atoms with Crippen molar-refractivity contribution in [1.82, 2.24) is 0 Å². The number of nitriles is 1. The molecule has 0 bridgehead atoms. The van der Waals surface area contributed by atoms with E-state index in [4.69, 9.17) is 5.26 Å². The van der Waals surface area contributed by atoms with Crippen LogP contribution in [0.2, 0.25) is 0 Å². The van der Waals surface area contributed by atoms with Crippen molar-refractivity contribution in [3.05, 3.63) is 0 Å². The topological polar surface area (TPSA) is 44.0 Å². The van der Waals surface area contributed by atoms with Crippen LogP contribution >= 0.6 is 0 Å². The van der Waals surface area contributed by atoms with Gasteiger partial charge in [0.1, 0.15) is 0 Å². The van der Waals surface area contributed by atoms with E-state index >= 15 is 0 Å². The van der Waals surface area contributed by atoms with Crippen molar-refractivity contribution in [2.45, 2.75) is 40.7 Å². The molecule has 0 unspecified atom stereocenters. The van der Waals surface area contributed by atoms with Crippen LogP contribution in [-0.2, 0) is 0 Å². The van der Waals surface area contributed by atoms with Gasteiger partial charge in [-0.05, 0) is 23.7 Å². The van der Waals surface area contributed by atoms with E-state index in [0.29, 0.717) is 0 Å². The fourth-order valence-corrected chi connectivity index (χ4v) is 2.47. The summed E-state index contributed by atoms with van der Waals surface area (Å²) in [5, 5.41) is 18.6. The molecule has 13 heavy (non-hydrogen) atoms. The molecule has 1 aliphatic carbocycles. The van der Waals surface area contributed by atoms with Crippen molar-refractivity contribution < 1.29 is 5.11 Å². The Labute approximate surface area is 80.6 Å². The Morgan fingerprint density at radius 1 is 1.23 bits per heavy atom. The molecule has 0 saturated heterocycles. The molecule has 0 heterocycles.